The Balaban J connectivity index is 4.38. The third-order valence-electron chi connectivity index (χ3n) is 0.877. The molecule has 5 heteroatoms. The maximum Gasteiger partial charge on any atom is 0.349 e. The van der Waals surface area contributed by atoms with Crippen LogP contribution in [0.5, 0.6) is 0 Å². The van der Waals surface area contributed by atoms with Crippen molar-refractivity contribution in [2.24, 2.45) is 10.7 Å². The lowest BCUT2D eigenvalue weighted by Gasteiger charge is -2.12. The Bertz CT molecular complexity index is 181. The topological polar surface area (TPSA) is 81.8 Å². The van der Waals surface area contributed by atoms with Crippen molar-refractivity contribution < 1.29 is 14.3 Å². The van der Waals surface area contributed by atoms with E-state index < -0.39 is 11.6 Å². The first-order valence-corrected chi connectivity index (χ1v) is 2.51. The van der Waals surface area contributed by atoms with Crippen molar-refractivity contribution in [2.75, 3.05) is 7.11 Å². The number of nitrogens with zero attached hydrogens (tertiary/aromatic N) is 1. The second-order valence-electron chi connectivity index (χ2n) is 1.84. The fourth-order valence-electron chi connectivity index (χ4n) is 0.347. The van der Waals surface area contributed by atoms with Crippen LogP contribution in [0.2, 0.25) is 0 Å². The number of isocyanates is 1. The molecular formula is C5H8N2O3. The molecule has 0 unspecified atom stereocenters. The molecule has 0 bridgehead atoms. The molecule has 0 saturated heterocycles. The SMILES string of the molecule is COC(=O)[C@](C)(N)N=C=O. The smallest absolute Gasteiger partial charge is 0.349 e. The second kappa shape index (κ2) is 3.10. The molecule has 0 aromatic heterocycles. The molecule has 0 fully saturated rings. The van der Waals surface area contributed by atoms with Gasteiger partial charge in [0.05, 0.1) is 7.11 Å². The van der Waals surface area contributed by atoms with Crippen molar-refractivity contribution in [3.8, 4) is 0 Å². The highest BCUT2D eigenvalue weighted by Gasteiger charge is 2.28. The van der Waals surface area contributed by atoms with Gasteiger partial charge in [-0.25, -0.2) is 9.59 Å². The summed E-state index contributed by atoms with van der Waals surface area (Å²) in [6.07, 6.45) is 1.17. The van der Waals surface area contributed by atoms with Crippen molar-refractivity contribution in [3.05, 3.63) is 0 Å². The summed E-state index contributed by atoms with van der Waals surface area (Å²) in [5.74, 6) is -0.768. The molecule has 0 aliphatic heterocycles. The van der Waals surface area contributed by atoms with E-state index in [9.17, 15) is 9.59 Å². The van der Waals surface area contributed by atoms with E-state index in [1.165, 1.54) is 13.0 Å². The summed E-state index contributed by atoms with van der Waals surface area (Å²) in [6.45, 7) is 1.25. The Morgan fingerprint density at radius 1 is 1.80 bits per heavy atom. The summed E-state index contributed by atoms with van der Waals surface area (Å²) in [5.41, 5.74) is 3.58. The van der Waals surface area contributed by atoms with Gasteiger partial charge in [-0.1, -0.05) is 0 Å². The van der Waals surface area contributed by atoms with Gasteiger partial charge in [0.1, 0.15) is 0 Å². The maximum absolute atomic E-state index is 10.6. The van der Waals surface area contributed by atoms with Crippen molar-refractivity contribution >= 4 is 12.0 Å². The molecular weight excluding hydrogens is 136 g/mol. The Kier molecular flexibility index (Phi) is 2.73. The molecule has 5 nitrogen and oxygen atoms in total. The quantitative estimate of drug-likeness (QED) is 0.311. The number of carbonyl (C=O) groups excluding carboxylic acids is 2. The minimum Gasteiger partial charge on any atom is -0.466 e. The Hall–Kier alpha value is -1.19. The number of esters is 1. The summed E-state index contributed by atoms with van der Waals surface area (Å²) in [6, 6.07) is 0. The molecule has 0 aliphatic carbocycles. The van der Waals surface area contributed by atoms with Gasteiger partial charge in [-0.2, -0.15) is 4.99 Å². The number of methoxy groups -OCH3 is 1. The molecule has 0 spiro atoms. The van der Waals surface area contributed by atoms with Crippen LogP contribution < -0.4 is 5.73 Å². The zero-order chi connectivity index (χ0) is 8.20. The van der Waals surface area contributed by atoms with Gasteiger partial charge in [0.15, 0.2) is 0 Å². The largest absolute Gasteiger partial charge is 0.466 e. The molecule has 0 amide bonds. The van der Waals surface area contributed by atoms with Crippen molar-refractivity contribution in [1.82, 2.24) is 0 Å². The summed E-state index contributed by atoms with van der Waals surface area (Å²) >= 11 is 0. The van der Waals surface area contributed by atoms with E-state index in [0.717, 1.165) is 7.11 Å². The molecule has 0 heterocycles. The first-order valence-electron chi connectivity index (χ1n) is 2.51. The van der Waals surface area contributed by atoms with Crippen LogP contribution >= 0.6 is 0 Å². The van der Waals surface area contributed by atoms with Crippen LogP contribution in [0.4, 0.5) is 0 Å². The van der Waals surface area contributed by atoms with Gasteiger partial charge >= 0.3 is 5.97 Å². The Labute approximate surface area is 57.9 Å². The van der Waals surface area contributed by atoms with Crippen LogP contribution in [0.1, 0.15) is 6.92 Å². The molecule has 0 saturated carbocycles. The number of carbonyl (C=O) groups is 1. The summed E-state index contributed by atoms with van der Waals surface area (Å²) in [7, 11) is 1.16. The highest BCUT2D eigenvalue weighted by Crippen LogP contribution is 2.00. The monoisotopic (exact) mass is 144 g/mol. The average Bonchev–Trinajstić information content (AvgIpc) is 1.86. The first kappa shape index (κ1) is 8.81. The van der Waals surface area contributed by atoms with Gasteiger partial charge < -0.3 is 4.74 Å². The highest BCUT2D eigenvalue weighted by atomic mass is 16.5. The van der Waals surface area contributed by atoms with E-state index in [4.69, 9.17) is 5.73 Å². The number of nitrogens with two attached hydrogens (primary N) is 1. The predicted molar refractivity (Wildman–Crippen MR) is 32.7 cm³/mol. The van der Waals surface area contributed by atoms with Gasteiger partial charge in [-0.15, -0.1) is 0 Å². The van der Waals surface area contributed by atoms with Gasteiger partial charge in [0.2, 0.25) is 11.7 Å². The number of ether oxygens (including phenoxy) is 1. The van der Waals surface area contributed by atoms with E-state index in [0.29, 0.717) is 0 Å². The van der Waals surface area contributed by atoms with E-state index in [2.05, 4.69) is 9.73 Å². The fourth-order valence-corrected chi connectivity index (χ4v) is 0.347. The van der Waals surface area contributed by atoms with Gasteiger partial charge in [-0.3, -0.25) is 5.73 Å². The molecule has 0 aliphatic rings. The molecule has 1 atom stereocenters. The van der Waals surface area contributed by atoms with Gasteiger partial charge in [0.25, 0.3) is 0 Å². The highest BCUT2D eigenvalue weighted by molar-refractivity contribution is 5.80. The summed E-state index contributed by atoms with van der Waals surface area (Å²) in [4.78, 5) is 23.3. The standard InChI is InChI=1S/C5H8N2O3/c1-5(6,7-3-8)4(9)10-2/h6H2,1-2H3/t5-/m1/s1. The number of aliphatic imine (C=N–C) groups is 1. The van der Waals surface area contributed by atoms with Gasteiger partial charge in [-0.05, 0) is 6.92 Å². The lowest BCUT2D eigenvalue weighted by atomic mass is 10.2. The molecule has 2 N–H and O–H groups in total. The van der Waals surface area contributed by atoms with Gasteiger partial charge in [0, 0.05) is 0 Å². The molecule has 0 radical (unpaired) electrons. The molecule has 10 heavy (non-hydrogen) atoms. The van der Waals surface area contributed by atoms with Crippen molar-refractivity contribution in [3.63, 3.8) is 0 Å². The van der Waals surface area contributed by atoms with E-state index in [1.807, 2.05) is 0 Å². The van der Waals surface area contributed by atoms with Crippen LogP contribution in [0.15, 0.2) is 4.99 Å². The van der Waals surface area contributed by atoms with E-state index >= 15 is 0 Å². The fraction of sp³-hybridized carbons (Fsp3) is 0.600. The Morgan fingerprint density at radius 3 is 2.60 bits per heavy atom. The lowest BCUT2D eigenvalue weighted by molar-refractivity contribution is -0.146. The van der Waals surface area contributed by atoms with E-state index in [-0.39, 0.29) is 0 Å². The number of hydrogen-bond acceptors (Lipinski definition) is 5. The zero-order valence-corrected chi connectivity index (χ0v) is 5.75. The Morgan fingerprint density at radius 2 is 2.30 bits per heavy atom. The molecule has 0 aromatic rings. The van der Waals surface area contributed by atoms with Crippen LogP contribution in [0.25, 0.3) is 0 Å². The van der Waals surface area contributed by atoms with Crippen LogP contribution in [-0.2, 0) is 14.3 Å². The lowest BCUT2D eigenvalue weighted by Crippen LogP contribution is -2.43. The third-order valence-corrected chi connectivity index (χ3v) is 0.877. The normalized spacial score (nSPS) is 14.7. The minimum absolute atomic E-state index is 0.768. The average molecular weight is 144 g/mol. The third kappa shape index (κ3) is 1.97. The van der Waals surface area contributed by atoms with Crippen molar-refractivity contribution in [2.45, 2.75) is 12.6 Å². The zero-order valence-electron chi connectivity index (χ0n) is 5.75. The first-order chi connectivity index (χ1) is 4.54. The molecule has 56 valence electrons. The van der Waals surface area contributed by atoms with Crippen LogP contribution in [0, 0.1) is 0 Å². The van der Waals surface area contributed by atoms with Crippen LogP contribution in [0.3, 0.4) is 0 Å². The number of hydrogen-bond donors (Lipinski definition) is 1. The van der Waals surface area contributed by atoms with E-state index in [1.54, 1.807) is 0 Å². The van der Waals surface area contributed by atoms with Crippen molar-refractivity contribution in [1.29, 1.82) is 0 Å². The van der Waals surface area contributed by atoms with Crippen LogP contribution in [-0.4, -0.2) is 24.8 Å². The summed E-state index contributed by atoms with van der Waals surface area (Å²) < 4.78 is 4.23. The predicted octanol–water partition coefficient (Wildman–Crippen LogP) is -0.830. The summed E-state index contributed by atoms with van der Waals surface area (Å²) in [5, 5.41) is 0. The maximum atomic E-state index is 10.6. The number of rotatable bonds is 2. The molecule has 0 rings (SSSR count). The molecule has 0 aromatic carbocycles. The second-order valence-corrected chi connectivity index (χ2v) is 1.84. The minimum atomic E-state index is -1.60.